The lowest BCUT2D eigenvalue weighted by Gasteiger charge is -1.94. The highest BCUT2D eigenvalue weighted by Gasteiger charge is 1.90. The summed E-state index contributed by atoms with van der Waals surface area (Å²) in [4.78, 5) is 11.3. The number of rotatable bonds is 4. The molecule has 1 aromatic rings. The normalized spacial score (nSPS) is 11.3. The molecular weight excluding hydrogens is 210 g/mol. The van der Waals surface area contributed by atoms with E-state index in [0.29, 0.717) is 0 Å². The van der Waals surface area contributed by atoms with Gasteiger partial charge in [0.2, 0.25) is 0 Å². The van der Waals surface area contributed by atoms with Gasteiger partial charge in [0.05, 0.1) is 0 Å². The first-order valence-corrected chi connectivity index (χ1v) is 5.12. The predicted molar refractivity (Wildman–Crippen MR) is 61.0 cm³/mol. The topological polar surface area (TPSA) is 64.9 Å². The molecule has 0 spiro atoms. The molecule has 3 nitrogen and oxygen atoms in total. The molecule has 4 heteroatoms. The molecule has 1 rings (SSSR count). The number of benzene rings is 1. The van der Waals surface area contributed by atoms with E-state index in [1.807, 2.05) is 30.3 Å². The fourth-order valence-corrected chi connectivity index (χ4v) is 1.23. The van der Waals surface area contributed by atoms with Gasteiger partial charge >= 0.3 is 5.91 Å². The van der Waals surface area contributed by atoms with E-state index in [1.54, 1.807) is 12.2 Å². The van der Waals surface area contributed by atoms with Crippen LogP contribution in [0.2, 0.25) is 0 Å². The summed E-state index contributed by atoms with van der Waals surface area (Å²) in [7, 11) is 0. The van der Waals surface area contributed by atoms with Crippen molar-refractivity contribution in [3.8, 4) is 0 Å². The molecule has 0 aromatic heterocycles. The van der Waals surface area contributed by atoms with Gasteiger partial charge in [-0.25, -0.2) is 4.79 Å². The van der Waals surface area contributed by atoms with Crippen molar-refractivity contribution in [3.05, 3.63) is 48.1 Å². The van der Waals surface area contributed by atoms with Crippen molar-refractivity contribution in [2.75, 3.05) is 0 Å². The molecule has 0 aliphatic carbocycles. The molecule has 0 unspecified atom stereocenters. The maximum atomic E-state index is 10.5. The molecule has 4 N–H and O–H groups in total. The Bertz CT molecular complexity index is 382. The van der Waals surface area contributed by atoms with Crippen molar-refractivity contribution in [1.29, 1.82) is 0 Å². The number of hydrogen-bond acceptors (Lipinski definition) is 3. The molecule has 78 valence electrons. The van der Waals surface area contributed by atoms with Crippen LogP contribution in [0.25, 0.3) is 6.08 Å². The van der Waals surface area contributed by atoms with Crippen LogP contribution in [0.1, 0.15) is 5.56 Å². The van der Waals surface area contributed by atoms with Gasteiger partial charge < -0.3 is 4.55 Å². The highest BCUT2D eigenvalue weighted by atomic mass is 32.2. The molecule has 0 aliphatic rings. The average Bonchev–Trinajstić information content (AvgIpc) is 2.25. The van der Waals surface area contributed by atoms with Crippen LogP contribution in [0.3, 0.4) is 0 Å². The van der Waals surface area contributed by atoms with Crippen molar-refractivity contribution in [2.24, 2.45) is 0 Å². The zero-order valence-corrected chi connectivity index (χ0v) is 8.91. The highest BCUT2D eigenvalue weighted by molar-refractivity contribution is 7.93. The molecule has 0 saturated carbocycles. The molecule has 0 saturated heterocycles. The lowest BCUT2D eigenvalue weighted by Crippen LogP contribution is -2.55. The van der Waals surface area contributed by atoms with Crippen molar-refractivity contribution < 1.29 is 15.1 Å². The second-order valence-electron chi connectivity index (χ2n) is 2.84. The maximum Gasteiger partial charge on any atom is 0.333 e. The van der Waals surface area contributed by atoms with Gasteiger partial charge in [-0.15, -0.1) is 0 Å². The molecule has 15 heavy (non-hydrogen) atoms. The number of carbonyl (C=O) groups excluding carboxylic acids is 1. The van der Waals surface area contributed by atoms with Crippen LogP contribution < -0.4 is 5.73 Å². The highest BCUT2D eigenvalue weighted by Crippen LogP contribution is 2.14. The van der Waals surface area contributed by atoms with Crippen molar-refractivity contribution >= 4 is 24.0 Å². The van der Waals surface area contributed by atoms with E-state index in [2.05, 4.69) is 5.73 Å². The fraction of sp³-hybridized carbons (Fsp3) is 0. The van der Waals surface area contributed by atoms with Crippen LogP contribution in [0.4, 0.5) is 0 Å². The van der Waals surface area contributed by atoms with Crippen molar-refractivity contribution in [3.63, 3.8) is 0 Å². The van der Waals surface area contributed by atoms with Crippen LogP contribution in [-0.2, 0) is 4.79 Å². The molecule has 0 radical (unpaired) electrons. The monoisotopic (exact) mass is 222 g/mol. The van der Waals surface area contributed by atoms with Crippen LogP contribution in [0.5, 0.6) is 0 Å². The molecule has 0 bridgehead atoms. The fourth-order valence-electron chi connectivity index (χ4n) is 0.969. The maximum absolute atomic E-state index is 10.5. The van der Waals surface area contributed by atoms with Crippen molar-refractivity contribution in [2.45, 2.75) is 4.90 Å². The third-order valence-electron chi connectivity index (χ3n) is 1.67. The number of quaternary nitrogens is 1. The van der Waals surface area contributed by atoms with Crippen LogP contribution >= 0.6 is 12.0 Å². The lowest BCUT2D eigenvalue weighted by atomic mass is 10.2. The minimum absolute atomic E-state index is 0.216. The summed E-state index contributed by atoms with van der Waals surface area (Å²) < 4.78 is 8.75. The van der Waals surface area contributed by atoms with E-state index in [1.165, 1.54) is 6.08 Å². The summed E-state index contributed by atoms with van der Waals surface area (Å²) >= 11 is 0.719. The van der Waals surface area contributed by atoms with E-state index in [9.17, 15) is 4.79 Å². The molecule has 1 amide bonds. The largest absolute Gasteiger partial charge is 0.333 e. The first-order valence-electron chi connectivity index (χ1n) is 4.34. The Morgan fingerprint density at radius 1 is 1.27 bits per heavy atom. The second kappa shape index (κ2) is 6.19. The Kier molecular flexibility index (Phi) is 4.83. The van der Waals surface area contributed by atoms with E-state index in [-0.39, 0.29) is 5.91 Å². The Hall–Kier alpha value is -1.36. The summed E-state index contributed by atoms with van der Waals surface area (Å²) in [6, 6.07) is 7.41. The molecule has 0 heterocycles. The smallest absolute Gasteiger partial charge is 0.325 e. The standard InChI is InChI=1S/C11H11NO2S/c12-11(13)4-2-1-3-9-5-7-10(15-14)8-6-9/h1-8,14H,(H2,12,13)/p+1/b3-1+,4-2+. The Balaban J connectivity index is 2.61. The number of amides is 1. The SMILES string of the molecule is [NH3+]C(=O)/C=C/C=C/c1ccc(SO)cc1. The van der Waals surface area contributed by atoms with E-state index in [0.717, 1.165) is 22.5 Å². The summed E-state index contributed by atoms with van der Waals surface area (Å²) in [5.41, 5.74) is 4.22. The summed E-state index contributed by atoms with van der Waals surface area (Å²) in [5.74, 6) is -0.216. The minimum atomic E-state index is -0.216. The number of carbonyl (C=O) groups is 1. The Morgan fingerprint density at radius 3 is 2.47 bits per heavy atom. The van der Waals surface area contributed by atoms with Gasteiger partial charge in [0, 0.05) is 23.0 Å². The summed E-state index contributed by atoms with van der Waals surface area (Å²) in [6.45, 7) is 0. The van der Waals surface area contributed by atoms with E-state index >= 15 is 0 Å². The van der Waals surface area contributed by atoms with Crippen LogP contribution in [0.15, 0.2) is 47.4 Å². The van der Waals surface area contributed by atoms with Crippen LogP contribution in [-0.4, -0.2) is 10.5 Å². The molecule has 0 fully saturated rings. The number of hydrogen-bond donors (Lipinski definition) is 2. The average molecular weight is 222 g/mol. The van der Waals surface area contributed by atoms with E-state index in [4.69, 9.17) is 4.55 Å². The number of allylic oxidation sites excluding steroid dienone is 2. The van der Waals surface area contributed by atoms with Gasteiger partial charge in [0.1, 0.15) is 0 Å². The third-order valence-corrected chi connectivity index (χ3v) is 2.15. The zero-order chi connectivity index (χ0) is 11.1. The quantitative estimate of drug-likeness (QED) is 0.462. The van der Waals surface area contributed by atoms with Crippen LogP contribution in [0, 0.1) is 0 Å². The van der Waals surface area contributed by atoms with Gasteiger partial charge in [-0.1, -0.05) is 30.4 Å². The Morgan fingerprint density at radius 2 is 1.93 bits per heavy atom. The first kappa shape index (κ1) is 11.7. The van der Waals surface area contributed by atoms with Gasteiger partial charge in [-0.3, -0.25) is 5.73 Å². The van der Waals surface area contributed by atoms with Crippen molar-refractivity contribution in [1.82, 2.24) is 0 Å². The summed E-state index contributed by atoms with van der Waals surface area (Å²) in [5, 5.41) is 0. The first-order chi connectivity index (χ1) is 7.22. The molecule has 0 aliphatic heterocycles. The molecular formula is C11H12NO2S+. The molecule has 1 aromatic carbocycles. The predicted octanol–water partition coefficient (Wildman–Crippen LogP) is 1.59. The second-order valence-corrected chi connectivity index (χ2v) is 3.50. The van der Waals surface area contributed by atoms with Gasteiger partial charge in [0.15, 0.2) is 0 Å². The summed E-state index contributed by atoms with van der Waals surface area (Å²) in [6.07, 6.45) is 6.67. The van der Waals surface area contributed by atoms with Gasteiger partial charge in [0.25, 0.3) is 0 Å². The van der Waals surface area contributed by atoms with Gasteiger partial charge in [-0.05, 0) is 17.7 Å². The minimum Gasteiger partial charge on any atom is -0.325 e. The third kappa shape index (κ3) is 4.60. The molecule has 0 atom stereocenters. The van der Waals surface area contributed by atoms with Gasteiger partial charge in [-0.2, -0.15) is 0 Å². The van der Waals surface area contributed by atoms with E-state index < -0.39 is 0 Å². The zero-order valence-electron chi connectivity index (χ0n) is 8.09. The Labute approximate surface area is 92.5 Å². The lowest BCUT2D eigenvalue weighted by molar-refractivity contribution is -0.297.